The standard InChI is InChI=1S/C14H12O6/c1-6(7-2-11(17)13(19)4-9(7)15)8-3-12(18)14(20)5-10(8)16/h2-5,15-20H,1H2. The maximum atomic E-state index is 9.74. The van der Waals surface area contributed by atoms with Gasteiger partial charge in [0.05, 0.1) is 0 Å². The van der Waals surface area contributed by atoms with Gasteiger partial charge in [-0.3, -0.25) is 0 Å². The highest BCUT2D eigenvalue weighted by Gasteiger charge is 2.16. The summed E-state index contributed by atoms with van der Waals surface area (Å²) in [6.07, 6.45) is 0. The lowest BCUT2D eigenvalue weighted by Crippen LogP contribution is -1.89. The smallest absolute Gasteiger partial charge is 0.161 e. The van der Waals surface area contributed by atoms with Crippen molar-refractivity contribution in [1.29, 1.82) is 0 Å². The van der Waals surface area contributed by atoms with E-state index in [4.69, 9.17) is 0 Å². The Hall–Kier alpha value is -3.02. The van der Waals surface area contributed by atoms with Gasteiger partial charge in [0.2, 0.25) is 0 Å². The molecule has 0 saturated heterocycles. The van der Waals surface area contributed by atoms with E-state index in [0.717, 1.165) is 24.3 Å². The van der Waals surface area contributed by atoms with Crippen LogP contribution in [0.15, 0.2) is 30.8 Å². The predicted molar refractivity (Wildman–Crippen MR) is 71.0 cm³/mol. The van der Waals surface area contributed by atoms with Crippen LogP contribution in [0.5, 0.6) is 34.5 Å². The molecule has 0 unspecified atom stereocenters. The molecule has 104 valence electrons. The van der Waals surface area contributed by atoms with Gasteiger partial charge >= 0.3 is 0 Å². The van der Waals surface area contributed by atoms with Crippen LogP contribution < -0.4 is 0 Å². The highest BCUT2D eigenvalue weighted by atomic mass is 16.3. The second kappa shape index (κ2) is 4.58. The van der Waals surface area contributed by atoms with Gasteiger partial charge in [-0.25, -0.2) is 0 Å². The predicted octanol–water partition coefficient (Wildman–Crippen LogP) is 1.98. The number of phenols is 6. The van der Waals surface area contributed by atoms with Crippen LogP contribution in [0.1, 0.15) is 11.1 Å². The molecule has 0 bridgehead atoms. The second-order valence-corrected chi connectivity index (χ2v) is 4.19. The second-order valence-electron chi connectivity index (χ2n) is 4.19. The van der Waals surface area contributed by atoms with Crippen molar-refractivity contribution < 1.29 is 30.6 Å². The fraction of sp³-hybridized carbons (Fsp3) is 0. The zero-order valence-corrected chi connectivity index (χ0v) is 10.2. The van der Waals surface area contributed by atoms with Crippen LogP contribution in [0.3, 0.4) is 0 Å². The summed E-state index contributed by atoms with van der Waals surface area (Å²) in [5.74, 6) is -2.67. The largest absolute Gasteiger partial charge is 0.507 e. The number of benzene rings is 2. The van der Waals surface area contributed by atoms with Crippen LogP contribution in [0.25, 0.3) is 5.57 Å². The molecule has 2 rings (SSSR count). The van der Waals surface area contributed by atoms with E-state index >= 15 is 0 Å². The lowest BCUT2D eigenvalue weighted by atomic mass is 9.97. The summed E-state index contributed by atoms with van der Waals surface area (Å²) < 4.78 is 0. The molecule has 2 aromatic carbocycles. The van der Waals surface area contributed by atoms with E-state index in [2.05, 4.69) is 6.58 Å². The molecule has 0 aliphatic rings. The summed E-state index contributed by atoms with van der Waals surface area (Å²) in [4.78, 5) is 0. The molecule has 6 heteroatoms. The third-order valence-corrected chi connectivity index (χ3v) is 2.84. The van der Waals surface area contributed by atoms with Crippen molar-refractivity contribution in [3.8, 4) is 34.5 Å². The Morgan fingerprint density at radius 2 is 0.850 bits per heavy atom. The average molecular weight is 276 g/mol. The van der Waals surface area contributed by atoms with Crippen molar-refractivity contribution in [1.82, 2.24) is 0 Å². The Bertz CT molecular complexity index is 646. The molecule has 6 N–H and O–H groups in total. The summed E-state index contributed by atoms with van der Waals surface area (Å²) in [5, 5.41) is 56.8. The zero-order chi connectivity index (χ0) is 15.0. The topological polar surface area (TPSA) is 121 Å². The molecule has 0 saturated carbocycles. The van der Waals surface area contributed by atoms with Gasteiger partial charge in [-0.15, -0.1) is 0 Å². The minimum absolute atomic E-state index is 0.0562. The van der Waals surface area contributed by atoms with E-state index < -0.39 is 23.0 Å². The first-order valence-corrected chi connectivity index (χ1v) is 5.50. The molecular weight excluding hydrogens is 264 g/mol. The SMILES string of the molecule is C=C(c1cc(O)c(O)cc1O)c1cc(O)c(O)cc1O. The highest BCUT2D eigenvalue weighted by molar-refractivity contribution is 5.85. The van der Waals surface area contributed by atoms with Gasteiger partial charge in [-0.1, -0.05) is 6.58 Å². The molecule has 0 radical (unpaired) electrons. The number of aromatic hydroxyl groups is 6. The summed E-state index contributed by atoms with van der Waals surface area (Å²) in [6, 6.07) is 3.98. The van der Waals surface area contributed by atoms with E-state index in [9.17, 15) is 30.6 Å². The van der Waals surface area contributed by atoms with E-state index in [-0.39, 0.29) is 28.2 Å². The molecule has 2 aromatic rings. The van der Waals surface area contributed by atoms with Gasteiger partial charge in [-0.05, 0) is 17.7 Å². The average Bonchev–Trinajstić information content (AvgIpc) is 2.37. The molecule has 0 aliphatic carbocycles. The van der Waals surface area contributed by atoms with E-state index in [1.54, 1.807) is 0 Å². The summed E-state index contributed by atoms with van der Waals surface area (Å²) in [7, 11) is 0. The first-order valence-electron chi connectivity index (χ1n) is 5.50. The quantitative estimate of drug-likeness (QED) is 0.368. The van der Waals surface area contributed by atoms with Crippen LogP contribution in [0.2, 0.25) is 0 Å². The number of phenolic OH excluding ortho intramolecular Hbond substituents is 6. The number of hydrogen-bond acceptors (Lipinski definition) is 6. The van der Waals surface area contributed by atoms with Crippen LogP contribution >= 0.6 is 0 Å². The molecule has 0 spiro atoms. The summed E-state index contributed by atoms with van der Waals surface area (Å²) in [5.41, 5.74) is 0.201. The van der Waals surface area contributed by atoms with Crippen LogP contribution in [0.4, 0.5) is 0 Å². The lowest BCUT2D eigenvalue weighted by Gasteiger charge is -2.12. The first-order chi connectivity index (χ1) is 9.31. The molecule has 0 atom stereocenters. The Morgan fingerprint density at radius 3 is 1.20 bits per heavy atom. The minimum atomic E-state index is -0.503. The molecule has 0 heterocycles. The highest BCUT2D eigenvalue weighted by Crippen LogP contribution is 2.42. The van der Waals surface area contributed by atoms with Crippen molar-refractivity contribution >= 4 is 5.57 Å². The van der Waals surface area contributed by atoms with Crippen LogP contribution in [-0.4, -0.2) is 30.6 Å². The van der Waals surface area contributed by atoms with Crippen molar-refractivity contribution in [2.45, 2.75) is 0 Å². The molecule has 0 aliphatic heterocycles. The minimum Gasteiger partial charge on any atom is -0.507 e. The maximum absolute atomic E-state index is 9.74. The van der Waals surface area contributed by atoms with E-state index in [0.29, 0.717) is 0 Å². The van der Waals surface area contributed by atoms with Crippen molar-refractivity contribution in [2.75, 3.05) is 0 Å². The summed E-state index contributed by atoms with van der Waals surface area (Å²) in [6.45, 7) is 3.65. The van der Waals surface area contributed by atoms with Gasteiger partial charge in [0.15, 0.2) is 23.0 Å². The lowest BCUT2D eigenvalue weighted by molar-refractivity contribution is 0.395. The van der Waals surface area contributed by atoms with E-state index in [1.807, 2.05) is 0 Å². The normalized spacial score (nSPS) is 10.4. The summed E-state index contributed by atoms with van der Waals surface area (Å²) >= 11 is 0. The van der Waals surface area contributed by atoms with Gasteiger partial charge in [-0.2, -0.15) is 0 Å². The molecule has 20 heavy (non-hydrogen) atoms. The van der Waals surface area contributed by atoms with Crippen molar-refractivity contribution in [2.24, 2.45) is 0 Å². The van der Waals surface area contributed by atoms with Gasteiger partial charge < -0.3 is 30.6 Å². The molecular formula is C14H12O6. The van der Waals surface area contributed by atoms with Crippen molar-refractivity contribution in [3.63, 3.8) is 0 Å². The fourth-order valence-corrected chi connectivity index (χ4v) is 1.76. The molecule has 0 amide bonds. The van der Waals surface area contributed by atoms with E-state index in [1.165, 1.54) is 0 Å². The molecule has 0 fully saturated rings. The van der Waals surface area contributed by atoms with Gasteiger partial charge in [0, 0.05) is 23.3 Å². The molecule has 6 nitrogen and oxygen atoms in total. The Morgan fingerprint density at radius 1 is 0.550 bits per heavy atom. The van der Waals surface area contributed by atoms with Gasteiger partial charge in [0.25, 0.3) is 0 Å². The fourth-order valence-electron chi connectivity index (χ4n) is 1.76. The van der Waals surface area contributed by atoms with Crippen LogP contribution in [0, 0.1) is 0 Å². The van der Waals surface area contributed by atoms with Crippen LogP contribution in [-0.2, 0) is 0 Å². The van der Waals surface area contributed by atoms with Crippen molar-refractivity contribution in [3.05, 3.63) is 42.0 Å². The maximum Gasteiger partial charge on any atom is 0.161 e. The number of hydrogen-bond donors (Lipinski definition) is 6. The monoisotopic (exact) mass is 276 g/mol. The molecule has 0 aromatic heterocycles. The number of rotatable bonds is 2. The Kier molecular flexibility index (Phi) is 3.07. The Labute approximate surface area is 113 Å². The first kappa shape index (κ1) is 13.4. The van der Waals surface area contributed by atoms with Gasteiger partial charge in [0.1, 0.15) is 11.5 Å². The Balaban J connectivity index is 2.57. The zero-order valence-electron chi connectivity index (χ0n) is 10.2. The third-order valence-electron chi connectivity index (χ3n) is 2.84. The third kappa shape index (κ3) is 2.14.